The molecule has 7 heteroatoms. The van der Waals surface area contributed by atoms with Gasteiger partial charge in [-0.3, -0.25) is 14.5 Å². The molecule has 19 heavy (non-hydrogen) atoms. The Morgan fingerprint density at radius 1 is 1.11 bits per heavy atom. The number of hydrogen-bond donors (Lipinski definition) is 0. The van der Waals surface area contributed by atoms with Crippen LogP contribution in [0.25, 0.3) is 5.65 Å². The van der Waals surface area contributed by atoms with E-state index in [0.29, 0.717) is 15.7 Å². The predicted molar refractivity (Wildman–Crippen MR) is 70.2 cm³/mol. The number of aromatic nitrogens is 3. The molecule has 0 unspecified atom stereocenters. The maximum absolute atomic E-state index is 11.0. The molecule has 94 valence electrons. The topological polar surface area (TPSA) is 73.3 Å². The van der Waals surface area contributed by atoms with Gasteiger partial charge in [-0.15, -0.1) is 10.2 Å². The van der Waals surface area contributed by atoms with Gasteiger partial charge in [-0.25, -0.2) is 0 Å². The van der Waals surface area contributed by atoms with Gasteiger partial charge in [0.25, 0.3) is 5.69 Å². The molecule has 0 N–H and O–H groups in total. The first-order chi connectivity index (χ1) is 9.25. The molecule has 1 aromatic carbocycles. The summed E-state index contributed by atoms with van der Waals surface area (Å²) in [6, 6.07) is 12.1. The smallest absolute Gasteiger partial charge is 0.277 e. The molecule has 0 fully saturated rings. The van der Waals surface area contributed by atoms with Crippen molar-refractivity contribution >= 4 is 23.1 Å². The zero-order valence-corrected chi connectivity index (χ0v) is 10.4. The lowest BCUT2D eigenvalue weighted by Crippen LogP contribution is -1.91. The number of pyridine rings is 1. The van der Waals surface area contributed by atoms with Crippen LogP contribution < -0.4 is 0 Å². The van der Waals surface area contributed by atoms with E-state index in [4.69, 9.17) is 0 Å². The van der Waals surface area contributed by atoms with Crippen LogP contribution in [0.4, 0.5) is 5.69 Å². The molecule has 2 heterocycles. The Kier molecular flexibility index (Phi) is 2.88. The molecule has 0 amide bonds. The molecule has 2 aromatic heterocycles. The maximum Gasteiger partial charge on any atom is 0.283 e. The summed E-state index contributed by atoms with van der Waals surface area (Å²) in [5.74, 6) is 0. The van der Waals surface area contributed by atoms with E-state index in [1.54, 1.807) is 22.6 Å². The molecule has 3 aromatic rings. The molecule has 6 nitrogen and oxygen atoms in total. The van der Waals surface area contributed by atoms with Gasteiger partial charge in [0.05, 0.1) is 9.82 Å². The van der Waals surface area contributed by atoms with Crippen LogP contribution in [0.5, 0.6) is 0 Å². The summed E-state index contributed by atoms with van der Waals surface area (Å²) in [6.07, 6.45) is 1.83. The van der Waals surface area contributed by atoms with Crippen molar-refractivity contribution in [1.29, 1.82) is 0 Å². The average Bonchev–Trinajstić information content (AvgIpc) is 2.83. The summed E-state index contributed by atoms with van der Waals surface area (Å²) in [5.41, 5.74) is 0.781. The number of nitrogens with zero attached hydrogens (tertiary/aromatic N) is 4. The zero-order valence-electron chi connectivity index (χ0n) is 9.63. The summed E-state index contributed by atoms with van der Waals surface area (Å²) in [7, 11) is 0. The lowest BCUT2D eigenvalue weighted by molar-refractivity contribution is -0.387. The van der Waals surface area contributed by atoms with Gasteiger partial charge in [-0.1, -0.05) is 18.2 Å². The molecule has 0 radical (unpaired) electrons. The first kappa shape index (κ1) is 11.7. The van der Waals surface area contributed by atoms with Crippen LogP contribution in [0.15, 0.2) is 58.7 Å². The SMILES string of the molecule is O=[N+]([O-])c1ccccc1Sc1nnc2ccccn12. The molecule has 0 spiro atoms. The van der Waals surface area contributed by atoms with E-state index in [-0.39, 0.29) is 5.69 Å². The Hall–Kier alpha value is -2.41. The Morgan fingerprint density at radius 3 is 2.74 bits per heavy atom. The van der Waals surface area contributed by atoms with Gasteiger partial charge >= 0.3 is 0 Å². The van der Waals surface area contributed by atoms with Gasteiger partial charge < -0.3 is 0 Å². The van der Waals surface area contributed by atoms with E-state index in [1.165, 1.54) is 17.8 Å². The third-order valence-corrected chi connectivity index (χ3v) is 3.57. The first-order valence-electron chi connectivity index (χ1n) is 5.47. The van der Waals surface area contributed by atoms with E-state index >= 15 is 0 Å². The molecule has 0 saturated carbocycles. The molecule has 0 aliphatic rings. The van der Waals surface area contributed by atoms with Crippen LogP contribution in [0.2, 0.25) is 0 Å². The highest BCUT2D eigenvalue weighted by Gasteiger charge is 2.16. The van der Waals surface area contributed by atoms with E-state index in [9.17, 15) is 10.1 Å². The van der Waals surface area contributed by atoms with Crippen molar-refractivity contribution in [2.75, 3.05) is 0 Å². The van der Waals surface area contributed by atoms with Gasteiger partial charge in [-0.2, -0.15) is 0 Å². The molecule has 0 aliphatic heterocycles. The fourth-order valence-electron chi connectivity index (χ4n) is 1.68. The minimum atomic E-state index is -0.397. The quantitative estimate of drug-likeness (QED) is 0.541. The van der Waals surface area contributed by atoms with Crippen LogP contribution in [0.3, 0.4) is 0 Å². The van der Waals surface area contributed by atoms with Gasteiger partial charge in [0.2, 0.25) is 5.16 Å². The number of fused-ring (bicyclic) bond motifs is 1. The molecule has 0 atom stereocenters. The van der Waals surface area contributed by atoms with E-state index in [0.717, 1.165) is 0 Å². The van der Waals surface area contributed by atoms with Gasteiger partial charge in [0.15, 0.2) is 5.65 Å². The van der Waals surface area contributed by atoms with Crippen molar-refractivity contribution in [2.45, 2.75) is 10.1 Å². The van der Waals surface area contributed by atoms with Crippen LogP contribution in [0, 0.1) is 10.1 Å². The van der Waals surface area contributed by atoms with Crippen molar-refractivity contribution in [1.82, 2.24) is 14.6 Å². The van der Waals surface area contributed by atoms with Gasteiger partial charge in [0.1, 0.15) is 0 Å². The first-order valence-corrected chi connectivity index (χ1v) is 6.28. The lowest BCUT2D eigenvalue weighted by atomic mass is 10.3. The number of nitro groups is 1. The predicted octanol–water partition coefficient (Wildman–Crippen LogP) is 2.79. The monoisotopic (exact) mass is 272 g/mol. The van der Waals surface area contributed by atoms with Crippen LogP contribution in [-0.2, 0) is 0 Å². The second-order valence-electron chi connectivity index (χ2n) is 3.74. The summed E-state index contributed by atoms with van der Waals surface area (Å²) in [4.78, 5) is 11.1. The van der Waals surface area contributed by atoms with Crippen LogP contribution >= 0.6 is 11.8 Å². The van der Waals surface area contributed by atoms with Crippen molar-refractivity contribution in [3.63, 3.8) is 0 Å². The Labute approximate surface area is 112 Å². The summed E-state index contributed by atoms with van der Waals surface area (Å²) >= 11 is 1.23. The molecule has 3 rings (SSSR count). The van der Waals surface area contributed by atoms with Gasteiger partial charge in [0, 0.05) is 12.3 Å². The Bertz CT molecular complexity index is 756. The highest BCUT2D eigenvalue weighted by Crippen LogP contribution is 2.33. The zero-order chi connectivity index (χ0) is 13.2. The number of rotatable bonds is 3. The van der Waals surface area contributed by atoms with E-state index in [2.05, 4.69) is 10.2 Å². The molecular formula is C12H8N4O2S. The van der Waals surface area contributed by atoms with Crippen molar-refractivity contribution in [3.8, 4) is 0 Å². The Morgan fingerprint density at radius 2 is 1.89 bits per heavy atom. The van der Waals surface area contributed by atoms with Gasteiger partial charge in [-0.05, 0) is 30.0 Å². The normalized spacial score (nSPS) is 10.7. The maximum atomic E-state index is 11.0. The lowest BCUT2D eigenvalue weighted by Gasteiger charge is -2.01. The fraction of sp³-hybridized carbons (Fsp3) is 0. The van der Waals surface area contributed by atoms with E-state index < -0.39 is 4.92 Å². The number of hydrogen-bond acceptors (Lipinski definition) is 5. The second-order valence-corrected chi connectivity index (χ2v) is 4.75. The number of benzene rings is 1. The van der Waals surface area contributed by atoms with Crippen LogP contribution in [0.1, 0.15) is 0 Å². The number of nitro benzene ring substituents is 1. The highest BCUT2D eigenvalue weighted by atomic mass is 32.2. The van der Waals surface area contributed by atoms with Crippen LogP contribution in [-0.4, -0.2) is 19.5 Å². The molecular weight excluding hydrogens is 264 g/mol. The molecule has 0 saturated heterocycles. The second kappa shape index (κ2) is 4.69. The highest BCUT2D eigenvalue weighted by molar-refractivity contribution is 7.99. The fourth-order valence-corrected chi connectivity index (χ4v) is 2.61. The molecule has 0 aliphatic carbocycles. The molecule has 0 bridgehead atoms. The average molecular weight is 272 g/mol. The third kappa shape index (κ3) is 2.15. The summed E-state index contributed by atoms with van der Waals surface area (Å²) in [5, 5.41) is 19.6. The Balaban J connectivity index is 2.04. The third-order valence-electron chi connectivity index (χ3n) is 2.55. The standard InChI is InChI=1S/C12H8N4O2S/c17-16(18)9-5-1-2-6-10(9)19-12-14-13-11-7-3-4-8-15(11)12/h1-8H. The van der Waals surface area contributed by atoms with Crippen molar-refractivity contribution < 1.29 is 4.92 Å². The summed E-state index contributed by atoms with van der Waals surface area (Å²) < 4.78 is 1.79. The van der Waals surface area contributed by atoms with Crippen molar-refractivity contribution in [2.24, 2.45) is 0 Å². The largest absolute Gasteiger partial charge is 0.283 e. The minimum Gasteiger partial charge on any atom is -0.277 e. The number of para-hydroxylation sites is 1. The van der Waals surface area contributed by atoms with Crippen molar-refractivity contribution in [3.05, 3.63) is 58.8 Å². The summed E-state index contributed by atoms with van der Waals surface area (Å²) in [6.45, 7) is 0. The minimum absolute atomic E-state index is 0.0696. The van der Waals surface area contributed by atoms with E-state index in [1.807, 2.05) is 24.4 Å².